The number of nitrogens with zero attached hydrogens (tertiary/aromatic N) is 5. The lowest BCUT2D eigenvalue weighted by Crippen LogP contribution is -2.26. The summed E-state index contributed by atoms with van der Waals surface area (Å²) in [7, 11) is 0. The highest BCUT2D eigenvalue weighted by Gasteiger charge is 2.54. The van der Waals surface area contributed by atoms with Crippen molar-refractivity contribution in [1.82, 2.24) is 29.5 Å². The SMILES string of the molecule is O=C1CCc2cc(-c3cnc(C4C5CC5c5cc(-c6cc(Cl)ccc6-n6cc(C(F)(F)F)nn6)cc(=O)n54)[nH]3)ccc2N1. The number of hydrogen-bond acceptors (Lipinski definition) is 5. The van der Waals surface area contributed by atoms with Gasteiger partial charge in [0.25, 0.3) is 5.56 Å². The van der Waals surface area contributed by atoms with Gasteiger partial charge in [0.1, 0.15) is 5.82 Å². The predicted octanol–water partition coefficient (Wildman–Crippen LogP) is 5.75. The highest BCUT2D eigenvalue weighted by Crippen LogP contribution is 2.60. The lowest BCUT2D eigenvalue weighted by atomic mass is 9.99. The average Bonchev–Trinajstić information content (AvgIpc) is 3.30. The number of benzene rings is 2. The van der Waals surface area contributed by atoms with Crippen LogP contribution < -0.4 is 10.9 Å². The van der Waals surface area contributed by atoms with E-state index in [1.807, 2.05) is 24.3 Å². The summed E-state index contributed by atoms with van der Waals surface area (Å²) in [5, 5.41) is 10.2. The van der Waals surface area contributed by atoms with E-state index >= 15 is 0 Å². The van der Waals surface area contributed by atoms with Gasteiger partial charge in [0.15, 0.2) is 5.69 Å². The number of alkyl halides is 3. The van der Waals surface area contributed by atoms with Gasteiger partial charge in [-0.05, 0) is 71.8 Å². The number of carbonyl (C=O) groups excluding carboxylic acids is 1. The number of amides is 1. The van der Waals surface area contributed by atoms with E-state index in [0.29, 0.717) is 40.5 Å². The minimum absolute atomic E-state index is 0.0112. The number of aryl methyl sites for hydroxylation is 1. The molecule has 0 spiro atoms. The van der Waals surface area contributed by atoms with Crippen LogP contribution in [0.3, 0.4) is 0 Å². The van der Waals surface area contributed by atoms with Gasteiger partial charge in [0.2, 0.25) is 5.91 Å². The van der Waals surface area contributed by atoms with Gasteiger partial charge in [-0.15, -0.1) is 5.10 Å². The van der Waals surface area contributed by atoms with E-state index in [2.05, 4.69) is 25.6 Å². The smallest absolute Gasteiger partial charge is 0.340 e. The van der Waals surface area contributed by atoms with E-state index in [0.717, 1.165) is 45.5 Å². The minimum Gasteiger partial charge on any atom is -0.340 e. The Balaban J connectivity index is 1.15. The number of hydrogen-bond donors (Lipinski definition) is 2. The first-order chi connectivity index (χ1) is 20.6. The third kappa shape index (κ3) is 4.27. The first kappa shape index (κ1) is 26.0. The molecule has 0 saturated heterocycles. The molecule has 2 aromatic carbocycles. The second kappa shape index (κ2) is 9.14. The number of rotatable bonds is 4. The largest absolute Gasteiger partial charge is 0.436 e. The highest BCUT2D eigenvalue weighted by molar-refractivity contribution is 6.31. The maximum absolute atomic E-state index is 13.7. The Labute approximate surface area is 246 Å². The molecule has 5 heterocycles. The molecule has 9 nitrogen and oxygen atoms in total. The van der Waals surface area contributed by atoms with Crippen LogP contribution in [0.2, 0.25) is 5.02 Å². The molecule has 8 rings (SSSR count). The Morgan fingerprint density at radius 3 is 2.67 bits per heavy atom. The van der Waals surface area contributed by atoms with E-state index in [1.54, 1.807) is 29.0 Å². The van der Waals surface area contributed by atoms with Crippen molar-refractivity contribution in [3.8, 4) is 28.1 Å². The number of anilines is 1. The maximum Gasteiger partial charge on any atom is 0.436 e. The molecule has 1 fully saturated rings. The standard InChI is InChI=1S/C30H21ClF3N7O2/c31-17-3-5-23(40-13-25(38-39-40)30(32,33)34)18(10-17)16-8-24-19-11-20(19)28(41(24)27(43)9-16)29-35-12-22(37-29)15-1-4-21-14(7-15)2-6-26(42)36-21/h1,3-5,7-10,12-13,19-20,28H,2,6,11H2,(H,35,37)(H,36,42). The third-order valence-corrected chi connectivity index (χ3v) is 8.72. The van der Waals surface area contributed by atoms with E-state index < -0.39 is 11.9 Å². The first-order valence-electron chi connectivity index (χ1n) is 13.7. The summed E-state index contributed by atoms with van der Waals surface area (Å²) in [5.74, 6) is 1.05. The molecule has 0 radical (unpaired) electrons. The van der Waals surface area contributed by atoms with Crippen LogP contribution in [-0.2, 0) is 17.4 Å². The Kier molecular flexibility index (Phi) is 5.52. The number of aromatic amines is 1. The summed E-state index contributed by atoms with van der Waals surface area (Å²) in [6.07, 6.45) is -0.0608. The van der Waals surface area contributed by atoms with Crippen LogP contribution in [0, 0.1) is 5.92 Å². The van der Waals surface area contributed by atoms with Crippen molar-refractivity contribution < 1.29 is 18.0 Å². The summed E-state index contributed by atoms with van der Waals surface area (Å²) in [4.78, 5) is 33.5. The van der Waals surface area contributed by atoms with Crippen molar-refractivity contribution in [3.63, 3.8) is 0 Å². The molecule has 3 unspecified atom stereocenters. The average molecular weight is 604 g/mol. The topological polar surface area (TPSA) is 110 Å². The van der Waals surface area contributed by atoms with Gasteiger partial charge >= 0.3 is 6.18 Å². The Morgan fingerprint density at radius 2 is 1.86 bits per heavy atom. The third-order valence-electron chi connectivity index (χ3n) is 8.49. The van der Waals surface area contributed by atoms with Crippen molar-refractivity contribution in [3.05, 3.63) is 99.1 Å². The molecule has 2 N–H and O–H groups in total. The van der Waals surface area contributed by atoms with Crippen LogP contribution >= 0.6 is 11.6 Å². The maximum atomic E-state index is 13.7. The van der Waals surface area contributed by atoms with Crippen LogP contribution in [0.5, 0.6) is 0 Å². The summed E-state index contributed by atoms with van der Waals surface area (Å²) in [5.41, 5.74) is 4.45. The number of carbonyl (C=O) groups is 1. The van der Waals surface area contributed by atoms with Gasteiger partial charge in [0.05, 0.1) is 29.8 Å². The number of pyridine rings is 1. The molecule has 5 aromatic rings. The Hall–Kier alpha value is -4.71. The monoisotopic (exact) mass is 603 g/mol. The van der Waals surface area contributed by atoms with E-state index in [4.69, 9.17) is 11.6 Å². The molecular weight excluding hydrogens is 583 g/mol. The van der Waals surface area contributed by atoms with Crippen LogP contribution in [0.25, 0.3) is 28.1 Å². The van der Waals surface area contributed by atoms with Gasteiger partial charge in [-0.3, -0.25) is 9.59 Å². The van der Waals surface area contributed by atoms with Crippen LogP contribution in [0.4, 0.5) is 18.9 Å². The molecule has 3 atom stereocenters. The minimum atomic E-state index is -4.64. The van der Waals surface area contributed by atoms with Gasteiger partial charge in [-0.2, -0.15) is 13.2 Å². The summed E-state index contributed by atoms with van der Waals surface area (Å²) >= 11 is 6.29. The summed E-state index contributed by atoms with van der Waals surface area (Å²) in [6.45, 7) is 0. The lowest BCUT2D eigenvalue weighted by molar-refractivity contribution is -0.141. The molecule has 1 saturated carbocycles. The quantitative estimate of drug-likeness (QED) is 0.272. The molecule has 216 valence electrons. The molecule has 3 aliphatic rings. The van der Waals surface area contributed by atoms with Crippen molar-refractivity contribution in [2.75, 3.05) is 5.32 Å². The number of nitrogens with one attached hydrogen (secondary N) is 2. The molecule has 1 aliphatic carbocycles. The molecule has 43 heavy (non-hydrogen) atoms. The second-order valence-corrected chi connectivity index (χ2v) is 11.6. The van der Waals surface area contributed by atoms with E-state index in [9.17, 15) is 22.8 Å². The predicted molar refractivity (Wildman–Crippen MR) is 151 cm³/mol. The Bertz CT molecular complexity index is 2030. The van der Waals surface area contributed by atoms with Crippen LogP contribution in [-0.4, -0.2) is 35.4 Å². The zero-order valence-corrected chi connectivity index (χ0v) is 22.9. The van der Waals surface area contributed by atoms with Crippen molar-refractivity contribution in [2.24, 2.45) is 5.92 Å². The zero-order chi connectivity index (χ0) is 29.6. The van der Waals surface area contributed by atoms with Crippen molar-refractivity contribution in [1.29, 1.82) is 0 Å². The van der Waals surface area contributed by atoms with Gasteiger partial charge in [-0.25, -0.2) is 9.67 Å². The second-order valence-electron chi connectivity index (χ2n) is 11.1. The van der Waals surface area contributed by atoms with E-state index in [-0.39, 0.29) is 29.3 Å². The molecule has 0 bridgehead atoms. The van der Waals surface area contributed by atoms with E-state index in [1.165, 1.54) is 6.07 Å². The zero-order valence-electron chi connectivity index (χ0n) is 22.2. The number of H-pyrrole nitrogens is 1. The van der Waals surface area contributed by atoms with Gasteiger partial charge in [0, 0.05) is 40.4 Å². The van der Waals surface area contributed by atoms with Crippen LogP contribution in [0.1, 0.15) is 47.6 Å². The fourth-order valence-corrected chi connectivity index (χ4v) is 6.57. The molecule has 2 aliphatic heterocycles. The fourth-order valence-electron chi connectivity index (χ4n) is 6.39. The molecule has 13 heteroatoms. The Morgan fingerprint density at radius 1 is 1.00 bits per heavy atom. The molecular formula is C30H21ClF3N7O2. The fraction of sp³-hybridized carbons (Fsp3) is 0.233. The van der Waals surface area contributed by atoms with Gasteiger partial charge in [-0.1, -0.05) is 22.9 Å². The molecule has 3 aromatic heterocycles. The number of halogens is 4. The number of aromatic nitrogens is 6. The molecule has 1 amide bonds. The van der Waals surface area contributed by atoms with Gasteiger partial charge < -0.3 is 14.9 Å². The van der Waals surface area contributed by atoms with Crippen molar-refractivity contribution >= 4 is 23.2 Å². The van der Waals surface area contributed by atoms with Crippen LogP contribution in [0.15, 0.2) is 65.7 Å². The lowest BCUT2D eigenvalue weighted by Gasteiger charge is -2.18. The number of fused-ring (bicyclic) bond motifs is 4. The summed E-state index contributed by atoms with van der Waals surface area (Å²) < 4.78 is 42.4. The normalized spacial score (nSPS) is 20.4. The summed E-state index contributed by atoms with van der Waals surface area (Å²) in [6, 6.07) is 13.7. The number of imidazole rings is 1. The highest BCUT2D eigenvalue weighted by atomic mass is 35.5. The first-order valence-corrected chi connectivity index (χ1v) is 14.1. The van der Waals surface area contributed by atoms with Crippen molar-refractivity contribution in [2.45, 2.75) is 37.4 Å².